The quantitative estimate of drug-likeness (QED) is 0.490. The van der Waals surface area contributed by atoms with Gasteiger partial charge in [-0.15, -0.1) is 11.8 Å². The third-order valence-electron chi connectivity index (χ3n) is 4.88. The zero-order valence-corrected chi connectivity index (χ0v) is 16.8. The first-order chi connectivity index (χ1) is 13.9. The van der Waals surface area contributed by atoms with E-state index in [0.29, 0.717) is 5.56 Å². The number of ether oxygens (including phenoxy) is 1. The minimum atomic E-state index is -0.940. The molecule has 0 spiro atoms. The largest absolute Gasteiger partial charge is 0.454 e. The Labute approximate surface area is 172 Å². The van der Waals surface area contributed by atoms with Gasteiger partial charge >= 0.3 is 5.97 Å². The van der Waals surface area contributed by atoms with Crippen molar-refractivity contribution in [2.45, 2.75) is 36.5 Å². The maximum atomic E-state index is 12.9. The SMILES string of the molecule is Cc1[nH]c2ccccc2c1C(=O)C(C)OC(=O)CC1Sc2ccccc2NC1=O. The van der Waals surface area contributed by atoms with Gasteiger partial charge in [-0.05, 0) is 32.0 Å². The zero-order chi connectivity index (χ0) is 20.5. The van der Waals surface area contributed by atoms with Crippen molar-refractivity contribution in [2.75, 3.05) is 5.32 Å². The fourth-order valence-electron chi connectivity index (χ4n) is 3.47. The van der Waals surface area contributed by atoms with E-state index in [1.54, 1.807) is 6.92 Å². The van der Waals surface area contributed by atoms with Gasteiger partial charge in [0.25, 0.3) is 0 Å². The monoisotopic (exact) mass is 408 g/mol. The number of hydrogen-bond acceptors (Lipinski definition) is 5. The number of amides is 1. The Morgan fingerprint density at radius 2 is 1.86 bits per heavy atom. The van der Waals surface area contributed by atoms with E-state index in [4.69, 9.17) is 4.74 Å². The van der Waals surface area contributed by atoms with Crippen LogP contribution in [0.15, 0.2) is 53.4 Å². The number of aromatic amines is 1. The minimum Gasteiger partial charge on any atom is -0.454 e. The van der Waals surface area contributed by atoms with Gasteiger partial charge in [0.05, 0.1) is 17.4 Å². The second-order valence-electron chi connectivity index (χ2n) is 6.96. The molecular formula is C22H20N2O4S. The predicted octanol–water partition coefficient (Wildman–Crippen LogP) is 4.09. The molecule has 0 saturated heterocycles. The normalized spacial score (nSPS) is 16.8. The Morgan fingerprint density at radius 3 is 2.69 bits per heavy atom. The lowest BCUT2D eigenvalue weighted by Crippen LogP contribution is -2.33. The molecule has 7 heteroatoms. The van der Waals surface area contributed by atoms with Gasteiger partial charge in [-0.2, -0.15) is 0 Å². The van der Waals surface area contributed by atoms with Crippen LogP contribution >= 0.6 is 11.8 Å². The van der Waals surface area contributed by atoms with Crippen molar-refractivity contribution in [1.82, 2.24) is 4.98 Å². The first-order valence-electron chi connectivity index (χ1n) is 9.31. The summed E-state index contributed by atoms with van der Waals surface area (Å²) in [5.74, 6) is -1.08. The molecule has 4 rings (SSSR count). The summed E-state index contributed by atoms with van der Waals surface area (Å²) < 4.78 is 5.38. The molecule has 0 aliphatic carbocycles. The first-order valence-corrected chi connectivity index (χ1v) is 10.2. The number of aromatic nitrogens is 1. The van der Waals surface area contributed by atoms with Gasteiger partial charge in [-0.25, -0.2) is 0 Å². The van der Waals surface area contributed by atoms with Crippen LogP contribution in [0.2, 0.25) is 0 Å². The second-order valence-corrected chi connectivity index (χ2v) is 8.21. The van der Waals surface area contributed by atoms with E-state index in [-0.39, 0.29) is 18.1 Å². The summed E-state index contributed by atoms with van der Waals surface area (Å²) >= 11 is 1.33. The zero-order valence-electron chi connectivity index (χ0n) is 16.0. The number of fused-ring (bicyclic) bond motifs is 2. The van der Waals surface area contributed by atoms with E-state index in [1.165, 1.54) is 11.8 Å². The molecule has 2 N–H and O–H groups in total. The average Bonchev–Trinajstić information content (AvgIpc) is 3.03. The molecule has 1 aliphatic rings. The molecule has 0 saturated carbocycles. The molecule has 0 bridgehead atoms. The van der Waals surface area contributed by atoms with Crippen molar-refractivity contribution in [3.63, 3.8) is 0 Å². The van der Waals surface area contributed by atoms with Crippen molar-refractivity contribution in [1.29, 1.82) is 0 Å². The van der Waals surface area contributed by atoms with Crippen LogP contribution in [0.25, 0.3) is 10.9 Å². The van der Waals surface area contributed by atoms with E-state index < -0.39 is 17.3 Å². The van der Waals surface area contributed by atoms with Gasteiger partial charge in [0.1, 0.15) is 0 Å². The molecule has 6 nitrogen and oxygen atoms in total. The fourth-order valence-corrected chi connectivity index (χ4v) is 4.57. The second kappa shape index (κ2) is 7.75. The van der Waals surface area contributed by atoms with Crippen molar-refractivity contribution >= 4 is 46.0 Å². The summed E-state index contributed by atoms with van der Waals surface area (Å²) in [4.78, 5) is 41.7. The molecule has 1 amide bonds. The highest BCUT2D eigenvalue weighted by molar-refractivity contribution is 8.01. The maximum absolute atomic E-state index is 12.9. The van der Waals surface area contributed by atoms with E-state index in [0.717, 1.165) is 27.2 Å². The molecule has 2 heterocycles. The lowest BCUT2D eigenvalue weighted by molar-refractivity contribution is -0.147. The summed E-state index contributed by atoms with van der Waals surface area (Å²) in [5.41, 5.74) is 2.86. The number of nitrogens with one attached hydrogen (secondary N) is 2. The highest BCUT2D eigenvalue weighted by Gasteiger charge is 2.31. The highest BCUT2D eigenvalue weighted by atomic mass is 32.2. The Morgan fingerprint density at radius 1 is 1.14 bits per heavy atom. The van der Waals surface area contributed by atoms with Crippen LogP contribution in [-0.4, -0.2) is 34.0 Å². The minimum absolute atomic E-state index is 0.102. The standard InChI is InChI=1S/C22H20N2O4S/c1-12-20(14-7-3-4-8-15(14)23-12)21(26)13(2)28-19(25)11-18-22(27)24-16-9-5-6-10-17(16)29-18/h3-10,13,18,23H,11H2,1-2H3,(H,24,27). The number of aryl methyl sites for hydroxylation is 1. The number of carbonyl (C=O) groups excluding carboxylic acids is 3. The lowest BCUT2D eigenvalue weighted by atomic mass is 10.0. The van der Waals surface area contributed by atoms with Crippen LogP contribution < -0.4 is 5.32 Å². The van der Waals surface area contributed by atoms with Crippen molar-refractivity contribution < 1.29 is 19.1 Å². The number of rotatable bonds is 5. The van der Waals surface area contributed by atoms with E-state index in [1.807, 2.05) is 55.5 Å². The molecule has 2 atom stereocenters. The summed E-state index contributed by atoms with van der Waals surface area (Å²) in [7, 11) is 0. The number of esters is 1. The Bertz CT molecular complexity index is 1120. The van der Waals surface area contributed by atoms with Crippen LogP contribution in [0.4, 0.5) is 5.69 Å². The third-order valence-corrected chi connectivity index (χ3v) is 6.15. The molecule has 1 aliphatic heterocycles. The van der Waals surface area contributed by atoms with Crippen LogP contribution in [0.5, 0.6) is 0 Å². The topological polar surface area (TPSA) is 88.3 Å². The summed E-state index contributed by atoms with van der Waals surface area (Å²) in [6.07, 6.45) is -1.04. The van der Waals surface area contributed by atoms with Crippen LogP contribution in [-0.2, 0) is 14.3 Å². The van der Waals surface area contributed by atoms with Gasteiger partial charge in [-0.3, -0.25) is 14.4 Å². The molecule has 2 aromatic carbocycles. The summed E-state index contributed by atoms with van der Waals surface area (Å²) in [6, 6.07) is 14.9. The van der Waals surface area contributed by atoms with Gasteiger partial charge in [-0.1, -0.05) is 30.3 Å². The number of benzene rings is 2. The number of anilines is 1. The van der Waals surface area contributed by atoms with E-state index in [2.05, 4.69) is 10.3 Å². The van der Waals surface area contributed by atoms with E-state index in [9.17, 15) is 14.4 Å². The average molecular weight is 408 g/mol. The van der Waals surface area contributed by atoms with Crippen molar-refractivity contribution in [2.24, 2.45) is 0 Å². The Kier molecular flexibility index (Phi) is 5.15. The summed E-state index contributed by atoms with van der Waals surface area (Å²) in [5, 5.41) is 3.02. The number of Topliss-reactive ketones (excluding diaryl/α,β-unsaturated/α-hetero) is 1. The molecule has 148 valence electrons. The number of thioether (sulfide) groups is 1. The molecular weight excluding hydrogens is 388 g/mol. The fraction of sp³-hybridized carbons (Fsp3) is 0.227. The number of hydrogen-bond donors (Lipinski definition) is 2. The maximum Gasteiger partial charge on any atom is 0.308 e. The van der Waals surface area contributed by atoms with Crippen LogP contribution in [0, 0.1) is 6.92 Å². The van der Waals surface area contributed by atoms with Gasteiger partial charge in [0, 0.05) is 27.1 Å². The number of H-pyrrole nitrogens is 1. The predicted molar refractivity (Wildman–Crippen MR) is 112 cm³/mol. The number of carbonyl (C=O) groups is 3. The molecule has 1 aromatic heterocycles. The first kappa shape index (κ1) is 19.3. The molecule has 3 aromatic rings. The molecule has 0 radical (unpaired) electrons. The van der Waals surface area contributed by atoms with Crippen molar-refractivity contribution in [3.8, 4) is 0 Å². The van der Waals surface area contributed by atoms with E-state index >= 15 is 0 Å². The van der Waals surface area contributed by atoms with Gasteiger partial charge in [0.2, 0.25) is 11.7 Å². The van der Waals surface area contributed by atoms with Crippen LogP contribution in [0.1, 0.15) is 29.4 Å². The Hall–Kier alpha value is -3.06. The molecule has 0 fully saturated rings. The third kappa shape index (κ3) is 3.78. The number of ketones is 1. The summed E-state index contributed by atoms with van der Waals surface area (Å²) in [6.45, 7) is 3.38. The molecule has 29 heavy (non-hydrogen) atoms. The van der Waals surface area contributed by atoms with Crippen LogP contribution in [0.3, 0.4) is 0 Å². The highest BCUT2D eigenvalue weighted by Crippen LogP contribution is 2.36. The Balaban J connectivity index is 1.44. The van der Waals surface area contributed by atoms with Gasteiger partial charge in [0.15, 0.2) is 6.10 Å². The number of para-hydroxylation sites is 2. The molecule has 2 unspecified atom stereocenters. The smallest absolute Gasteiger partial charge is 0.308 e. The van der Waals surface area contributed by atoms with Crippen molar-refractivity contribution in [3.05, 3.63) is 59.8 Å². The lowest BCUT2D eigenvalue weighted by Gasteiger charge is -2.23. The van der Waals surface area contributed by atoms with Gasteiger partial charge < -0.3 is 15.0 Å².